The molecule has 1 aromatic rings. The summed E-state index contributed by atoms with van der Waals surface area (Å²) >= 11 is 11.8. The Morgan fingerprint density at radius 3 is 2.46 bits per heavy atom. The van der Waals surface area contributed by atoms with E-state index in [0.717, 1.165) is 11.9 Å². The summed E-state index contributed by atoms with van der Waals surface area (Å²) in [7, 11) is 0.128. The van der Waals surface area contributed by atoms with Crippen LogP contribution in [0.25, 0.3) is 0 Å². The van der Waals surface area contributed by atoms with E-state index in [1.54, 1.807) is 0 Å². The minimum atomic E-state index is -0.566. The van der Waals surface area contributed by atoms with Crippen molar-refractivity contribution in [3.8, 4) is 5.75 Å². The number of esters is 1. The van der Waals surface area contributed by atoms with Gasteiger partial charge in [-0.3, -0.25) is 4.79 Å². The lowest BCUT2D eigenvalue weighted by Gasteiger charge is -2.26. The number of para-hydroxylation sites is 2. The van der Waals surface area contributed by atoms with Crippen molar-refractivity contribution >= 4 is 48.5 Å². The smallest absolute Gasteiger partial charge is 0.307 e. The zero-order valence-electron chi connectivity index (χ0n) is 16.7. The molecular weight excluding hydrogens is 402 g/mol. The number of nitrogens with zero attached hydrogens (tertiary/aromatic N) is 1. The number of benzene rings is 1. The molecule has 0 bridgehead atoms. The number of alkyl halides is 2. The average molecular weight is 431 g/mol. The van der Waals surface area contributed by atoms with Gasteiger partial charge in [-0.15, -0.1) is 23.2 Å². The van der Waals surface area contributed by atoms with E-state index in [4.69, 9.17) is 32.7 Å². The van der Waals surface area contributed by atoms with Crippen LogP contribution in [-0.4, -0.2) is 62.7 Å². The Morgan fingerprint density at radius 1 is 1.25 bits per heavy atom. The van der Waals surface area contributed by atoms with Crippen LogP contribution in [0, 0.1) is 0 Å². The number of carbonyl (C=O) groups excluding carboxylic acids is 2. The van der Waals surface area contributed by atoms with Crippen LogP contribution >= 0.6 is 23.2 Å². The SMILES string of the molecule is CC(C)(C)OC(=O)C[C@@H](COc1ccccc1N(CCCl)CCCl)NBC=O. The van der Waals surface area contributed by atoms with Gasteiger partial charge in [0.05, 0.1) is 18.3 Å². The number of hydrogen-bond donors (Lipinski definition) is 1. The van der Waals surface area contributed by atoms with E-state index in [-0.39, 0.29) is 32.5 Å². The first-order chi connectivity index (χ1) is 13.3. The van der Waals surface area contributed by atoms with Crippen molar-refractivity contribution < 1.29 is 19.1 Å². The normalized spacial score (nSPS) is 12.2. The molecule has 0 fully saturated rings. The van der Waals surface area contributed by atoms with Crippen molar-refractivity contribution in [1.29, 1.82) is 0 Å². The minimum absolute atomic E-state index is 0.0976. The van der Waals surface area contributed by atoms with Crippen LogP contribution < -0.4 is 14.9 Å². The zero-order chi connectivity index (χ0) is 21.0. The molecule has 6 nitrogen and oxygen atoms in total. The fourth-order valence-electron chi connectivity index (χ4n) is 2.58. The molecule has 0 amide bonds. The van der Waals surface area contributed by atoms with Crippen LogP contribution in [0.3, 0.4) is 0 Å². The summed E-state index contributed by atoms with van der Waals surface area (Å²) in [5, 5.41) is 3.01. The molecule has 28 heavy (non-hydrogen) atoms. The van der Waals surface area contributed by atoms with Crippen LogP contribution in [0.15, 0.2) is 24.3 Å². The lowest BCUT2D eigenvalue weighted by atomic mass is 9.96. The molecule has 156 valence electrons. The lowest BCUT2D eigenvalue weighted by Crippen LogP contribution is -2.41. The summed E-state index contributed by atoms with van der Waals surface area (Å²) in [6.45, 7) is 6.92. The Balaban J connectivity index is 2.83. The van der Waals surface area contributed by atoms with Gasteiger partial charge in [0.15, 0.2) is 0 Å². The predicted molar refractivity (Wildman–Crippen MR) is 117 cm³/mol. The third-order valence-corrected chi connectivity index (χ3v) is 4.02. The largest absolute Gasteiger partial charge is 0.490 e. The van der Waals surface area contributed by atoms with Crippen LogP contribution in [0.1, 0.15) is 27.2 Å². The van der Waals surface area contributed by atoms with Gasteiger partial charge in [0.1, 0.15) is 18.0 Å². The van der Waals surface area contributed by atoms with Gasteiger partial charge >= 0.3 is 5.97 Å². The van der Waals surface area contributed by atoms with Gasteiger partial charge in [-0.2, -0.15) is 0 Å². The third-order valence-electron chi connectivity index (χ3n) is 3.68. The molecule has 0 saturated heterocycles. The van der Waals surface area contributed by atoms with Gasteiger partial charge < -0.3 is 24.4 Å². The predicted octanol–water partition coefficient (Wildman–Crippen LogP) is 2.58. The third kappa shape index (κ3) is 9.67. The fourth-order valence-corrected chi connectivity index (χ4v) is 2.98. The van der Waals surface area contributed by atoms with Gasteiger partial charge in [0, 0.05) is 30.9 Å². The molecule has 1 N–H and O–H groups in total. The van der Waals surface area contributed by atoms with Crippen LogP contribution in [0.2, 0.25) is 0 Å². The highest BCUT2D eigenvalue weighted by Crippen LogP contribution is 2.28. The monoisotopic (exact) mass is 430 g/mol. The van der Waals surface area contributed by atoms with Gasteiger partial charge in [0.25, 0.3) is 7.41 Å². The van der Waals surface area contributed by atoms with E-state index in [9.17, 15) is 9.59 Å². The molecule has 0 aliphatic rings. The maximum absolute atomic E-state index is 12.1. The second-order valence-electron chi connectivity index (χ2n) is 7.21. The standard InChI is InChI=1S/C19H29BCl2N2O4/c1-19(2,3)28-18(26)12-15(23-20-14-25)13-27-17-7-5-4-6-16(17)24(10-8-21)11-9-22/h4-7,14-15,20,23H,8-13H2,1-3H3/t15-/m0/s1. The Morgan fingerprint density at radius 2 is 1.89 bits per heavy atom. The summed E-state index contributed by atoms with van der Waals surface area (Å²) in [5.41, 5.74) is 0.318. The number of carbonyl (C=O) groups is 2. The molecule has 9 heteroatoms. The first-order valence-corrected chi connectivity index (χ1v) is 10.3. The highest BCUT2D eigenvalue weighted by molar-refractivity contribution is 6.64. The first-order valence-electron chi connectivity index (χ1n) is 9.28. The highest BCUT2D eigenvalue weighted by atomic mass is 35.5. The molecule has 1 aromatic carbocycles. The first kappa shape index (κ1) is 24.6. The molecule has 0 saturated carbocycles. The highest BCUT2D eigenvalue weighted by Gasteiger charge is 2.21. The van der Waals surface area contributed by atoms with E-state index in [1.807, 2.05) is 45.0 Å². The molecule has 0 spiro atoms. The van der Waals surface area contributed by atoms with Gasteiger partial charge in [-0.05, 0) is 32.9 Å². The molecule has 0 heterocycles. The quantitative estimate of drug-likeness (QED) is 0.224. The summed E-state index contributed by atoms with van der Waals surface area (Å²) < 4.78 is 11.4. The second kappa shape index (κ2) is 12.9. The maximum Gasteiger partial charge on any atom is 0.307 e. The molecule has 0 radical (unpaired) electrons. The number of nitrogens with one attached hydrogen (secondary N) is 1. The maximum atomic E-state index is 12.1. The molecule has 0 aliphatic carbocycles. The van der Waals surface area contributed by atoms with Gasteiger partial charge in [-0.1, -0.05) is 12.1 Å². The number of rotatable bonds is 13. The Bertz CT molecular complexity index is 608. The van der Waals surface area contributed by atoms with Crippen molar-refractivity contribution in [3.05, 3.63) is 24.3 Å². The fraction of sp³-hybridized carbons (Fsp3) is 0.579. The molecule has 1 rings (SSSR count). The van der Waals surface area contributed by atoms with E-state index in [0.29, 0.717) is 30.6 Å². The molecule has 0 aliphatic heterocycles. The number of anilines is 1. The minimum Gasteiger partial charge on any atom is -0.490 e. The van der Waals surface area contributed by atoms with E-state index in [1.165, 1.54) is 0 Å². The van der Waals surface area contributed by atoms with Gasteiger partial charge in [-0.25, -0.2) is 0 Å². The van der Waals surface area contributed by atoms with E-state index >= 15 is 0 Å². The summed E-state index contributed by atoms with van der Waals surface area (Å²) in [6.07, 6.45) is 0.846. The van der Waals surface area contributed by atoms with Crippen molar-refractivity contribution in [3.63, 3.8) is 0 Å². The van der Waals surface area contributed by atoms with Crippen LogP contribution in [0.4, 0.5) is 5.69 Å². The van der Waals surface area contributed by atoms with Crippen LogP contribution in [-0.2, 0) is 14.3 Å². The van der Waals surface area contributed by atoms with Gasteiger partial charge in [0.2, 0.25) is 0 Å². The average Bonchev–Trinajstić information content (AvgIpc) is 2.62. The second-order valence-corrected chi connectivity index (χ2v) is 7.96. The molecule has 1 atom stereocenters. The molecule has 0 aromatic heterocycles. The van der Waals surface area contributed by atoms with Crippen molar-refractivity contribution in [2.45, 2.75) is 38.8 Å². The Labute approximate surface area is 178 Å². The van der Waals surface area contributed by atoms with Crippen molar-refractivity contribution in [2.24, 2.45) is 0 Å². The summed E-state index contributed by atoms with van der Waals surface area (Å²) in [5.74, 6) is 1.25. The Hall–Kier alpha value is -1.44. The number of hydrogen-bond acceptors (Lipinski definition) is 6. The number of halogens is 2. The molecule has 0 unspecified atom stereocenters. The van der Waals surface area contributed by atoms with Crippen molar-refractivity contribution in [2.75, 3.05) is 36.4 Å². The molecular formula is C19H29BCl2N2O4. The lowest BCUT2D eigenvalue weighted by molar-refractivity contribution is -0.155. The Kier molecular flexibility index (Phi) is 11.3. The summed E-state index contributed by atoms with van der Waals surface area (Å²) in [4.78, 5) is 24.9. The van der Waals surface area contributed by atoms with E-state index in [2.05, 4.69) is 10.1 Å². The van der Waals surface area contributed by atoms with Crippen LogP contribution in [0.5, 0.6) is 5.75 Å². The topological polar surface area (TPSA) is 67.9 Å². The number of ether oxygens (including phenoxy) is 2. The summed E-state index contributed by atoms with van der Waals surface area (Å²) in [6, 6.07) is 7.23. The van der Waals surface area contributed by atoms with E-state index < -0.39 is 5.60 Å². The zero-order valence-corrected chi connectivity index (χ0v) is 18.3. The van der Waals surface area contributed by atoms with Crippen molar-refractivity contribution in [1.82, 2.24) is 5.23 Å².